The average molecular weight is 651 g/mol. The van der Waals surface area contributed by atoms with Crippen LogP contribution in [0.5, 0.6) is 0 Å². The van der Waals surface area contributed by atoms with Gasteiger partial charge in [0.2, 0.25) is 0 Å². The predicted molar refractivity (Wildman–Crippen MR) is 185 cm³/mol. The zero-order valence-electron chi connectivity index (χ0n) is 29.5. The third kappa shape index (κ3) is 8.23. The Morgan fingerprint density at radius 2 is 0.818 bits per heavy atom. The zero-order valence-corrected chi connectivity index (χ0v) is 31.1. The summed E-state index contributed by atoms with van der Waals surface area (Å²) in [6, 6.07) is 6.79. The molecule has 0 heterocycles. The van der Waals surface area contributed by atoms with Gasteiger partial charge in [0, 0.05) is 0 Å². The second kappa shape index (κ2) is 12.7. The molecule has 0 atom stereocenters. The Morgan fingerprint density at radius 3 is 1.00 bits per heavy atom. The fraction of sp³-hybridized carbons (Fsp3) is 0.611. The standard InChI is InChI=1S/C36H56ClO6P/c1-15-17-42-31(38)23-19-25(33(3,4)5)29(26(20-23)34(6,7)8)44(37,40,41)30-27(35(9,10)11)21-24(32(39)43-18-16-2)22-28(30)36(12,13)14/h19-22,40-41H,15-18H2,1-14H3. The van der Waals surface area contributed by atoms with Crippen molar-refractivity contribution >= 4 is 40.2 Å². The van der Waals surface area contributed by atoms with Crippen LogP contribution in [0.3, 0.4) is 0 Å². The first kappa shape index (κ1) is 38.2. The summed E-state index contributed by atoms with van der Waals surface area (Å²) in [6.45, 7) is 28.0. The first-order chi connectivity index (χ1) is 19.7. The third-order valence-corrected chi connectivity index (χ3v) is 11.2. The predicted octanol–water partition coefficient (Wildman–Crippen LogP) is 8.48. The van der Waals surface area contributed by atoms with E-state index >= 15 is 0 Å². The van der Waals surface area contributed by atoms with Crippen molar-refractivity contribution in [1.82, 2.24) is 0 Å². The Labute approximate surface area is 270 Å². The van der Waals surface area contributed by atoms with Crippen molar-refractivity contribution in [2.45, 2.75) is 131 Å². The molecule has 0 fully saturated rings. The quantitative estimate of drug-likeness (QED) is 0.220. The number of carbonyl (C=O) groups is 2. The number of carbonyl (C=O) groups excluding carboxylic acids is 2. The van der Waals surface area contributed by atoms with Crippen LogP contribution >= 0.6 is 17.7 Å². The minimum atomic E-state index is -5.60. The van der Waals surface area contributed by atoms with E-state index in [-0.39, 0.29) is 23.8 Å². The van der Waals surface area contributed by atoms with Crippen LogP contribution in [-0.4, -0.2) is 34.9 Å². The molecule has 44 heavy (non-hydrogen) atoms. The van der Waals surface area contributed by atoms with E-state index in [1.165, 1.54) is 0 Å². The van der Waals surface area contributed by atoms with Gasteiger partial charge in [0.1, 0.15) is 0 Å². The minimum absolute atomic E-state index is 0.224. The molecule has 2 aromatic carbocycles. The van der Waals surface area contributed by atoms with Crippen molar-refractivity contribution < 1.29 is 28.8 Å². The van der Waals surface area contributed by atoms with E-state index < -0.39 is 40.0 Å². The topological polar surface area (TPSA) is 93.1 Å². The molecule has 2 N–H and O–H groups in total. The van der Waals surface area contributed by atoms with Crippen LogP contribution in [0.2, 0.25) is 0 Å². The number of benzene rings is 2. The Balaban J connectivity index is 3.30. The van der Waals surface area contributed by atoms with Gasteiger partial charge in [0.05, 0.1) is 0 Å². The van der Waals surface area contributed by atoms with Gasteiger partial charge in [-0.05, 0) is 0 Å². The second-order valence-electron chi connectivity index (χ2n) is 16.0. The number of halogens is 1. The van der Waals surface area contributed by atoms with Crippen LogP contribution < -0.4 is 10.6 Å². The second-order valence-corrected chi connectivity index (χ2v) is 20.7. The van der Waals surface area contributed by atoms with Gasteiger partial charge >= 0.3 is 271 Å². The summed E-state index contributed by atoms with van der Waals surface area (Å²) in [6.07, 6.45) is -4.23. The average Bonchev–Trinajstić information content (AvgIpc) is 2.86. The summed E-state index contributed by atoms with van der Waals surface area (Å²) in [5.74, 6) is -0.943. The molecule has 0 bridgehead atoms. The number of hydrogen-bond acceptors (Lipinski definition) is 6. The van der Waals surface area contributed by atoms with Crippen LogP contribution in [-0.2, 0) is 31.1 Å². The maximum absolute atomic E-state index is 13.2. The summed E-state index contributed by atoms with van der Waals surface area (Å²) in [4.78, 5) is 52.5. The van der Waals surface area contributed by atoms with Crippen LogP contribution in [0.1, 0.15) is 153 Å². The van der Waals surface area contributed by atoms with Crippen molar-refractivity contribution in [3.8, 4) is 0 Å². The summed E-state index contributed by atoms with van der Waals surface area (Å²) in [5, 5.41) is 0.448. The molecule has 248 valence electrons. The molecular formula is C36H56ClO6P. The molecule has 2 aromatic rings. The van der Waals surface area contributed by atoms with E-state index in [2.05, 4.69) is 0 Å². The fourth-order valence-corrected chi connectivity index (χ4v) is 9.94. The molecule has 0 aromatic heterocycles. The first-order valence-corrected chi connectivity index (χ1v) is 18.7. The van der Waals surface area contributed by atoms with Gasteiger partial charge in [-0.3, -0.25) is 0 Å². The van der Waals surface area contributed by atoms with E-state index in [1.807, 2.05) is 96.9 Å². The van der Waals surface area contributed by atoms with Crippen molar-refractivity contribution in [2.75, 3.05) is 13.2 Å². The SMILES string of the molecule is CCCOC(=O)c1cc(C(C)(C)C)c(P(O)(O)(Cl)c2c(C(C)(C)C)cc(C(=O)OCCC)cc2C(C)(C)C)c(C(C)(C)C)c1. The summed E-state index contributed by atoms with van der Waals surface area (Å²) < 4.78 is 11.0. The monoisotopic (exact) mass is 650 g/mol. The van der Waals surface area contributed by atoms with Crippen molar-refractivity contribution in [1.29, 1.82) is 0 Å². The summed E-state index contributed by atoms with van der Waals surface area (Å²) >= 11 is 7.53. The van der Waals surface area contributed by atoms with Crippen LogP contribution in [0, 0.1) is 0 Å². The van der Waals surface area contributed by atoms with Gasteiger partial charge < -0.3 is 0 Å². The van der Waals surface area contributed by atoms with E-state index in [1.54, 1.807) is 24.3 Å². The Bertz CT molecular complexity index is 1220. The molecule has 0 radical (unpaired) electrons. The first-order valence-electron chi connectivity index (χ1n) is 15.6. The Hall–Kier alpha value is -1.98. The van der Waals surface area contributed by atoms with Crippen LogP contribution in [0.15, 0.2) is 24.3 Å². The molecule has 0 amide bonds. The normalized spacial score (nSPS) is 14.2. The van der Waals surface area contributed by atoms with Crippen molar-refractivity contribution in [2.24, 2.45) is 0 Å². The summed E-state index contributed by atoms with van der Waals surface area (Å²) in [7, 11) is 0. The van der Waals surface area contributed by atoms with Gasteiger partial charge in [0.25, 0.3) is 0 Å². The van der Waals surface area contributed by atoms with Crippen molar-refractivity contribution in [3.63, 3.8) is 0 Å². The molecule has 8 heteroatoms. The Kier molecular flexibility index (Phi) is 11.0. The molecule has 0 saturated carbocycles. The molecule has 0 aliphatic rings. The zero-order chi connectivity index (χ0) is 34.3. The molecule has 0 spiro atoms. The van der Waals surface area contributed by atoms with E-state index in [4.69, 9.17) is 20.7 Å². The molecule has 0 aliphatic heterocycles. The molecule has 0 unspecified atom stereocenters. The van der Waals surface area contributed by atoms with Crippen LogP contribution in [0.25, 0.3) is 0 Å². The molecule has 0 saturated heterocycles. The van der Waals surface area contributed by atoms with Gasteiger partial charge in [-0.25, -0.2) is 0 Å². The Morgan fingerprint density at radius 1 is 0.591 bits per heavy atom. The van der Waals surface area contributed by atoms with E-state index in [0.29, 0.717) is 46.2 Å². The molecule has 0 aliphatic carbocycles. The van der Waals surface area contributed by atoms with Gasteiger partial charge in [-0.15, -0.1) is 0 Å². The molecule has 6 nitrogen and oxygen atoms in total. The van der Waals surface area contributed by atoms with Crippen molar-refractivity contribution in [3.05, 3.63) is 57.6 Å². The third-order valence-electron chi connectivity index (χ3n) is 7.59. The number of esters is 2. The van der Waals surface area contributed by atoms with Gasteiger partial charge in [-0.2, -0.15) is 0 Å². The van der Waals surface area contributed by atoms with Crippen LogP contribution in [0.4, 0.5) is 0 Å². The summed E-state index contributed by atoms with van der Waals surface area (Å²) in [5.41, 5.74) is 0.301. The van der Waals surface area contributed by atoms with Gasteiger partial charge in [-0.1, -0.05) is 0 Å². The molecular weight excluding hydrogens is 595 g/mol. The number of rotatable bonds is 8. The van der Waals surface area contributed by atoms with Gasteiger partial charge in [0.15, 0.2) is 0 Å². The fourth-order valence-electron chi connectivity index (χ4n) is 5.31. The van der Waals surface area contributed by atoms with E-state index in [9.17, 15) is 19.4 Å². The number of ether oxygens (including phenoxy) is 2. The maximum atomic E-state index is 13.2. The molecule has 2 rings (SSSR count). The van der Waals surface area contributed by atoms with E-state index in [0.717, 1.165) is 0 Å². The number of hydrogen-bond donors (Lipinski definition) is 2.